The molecule has 19 heavy (non-hydrogen) atoms. The monoisotopic (exact) mass is 281 g/mol. The van der Waals surface area contributed by atoms with E-state index in [0.29, 0.717) is 13.2 Å². The summed E-state index contributed by atoms with van der Waals surface area (Å²) in [6.07, 6.45) is 0.873. The smallest absolute Gasteiger partial charge is 0.313 e. The number of thiophene rings is 1. The first kappa shape index (κ1) is 14.2. The Bertz CT molecular complexity index is 469. The second-order valence-electron chi connectivity index (χ2n) is 4.72. The molecule has 0 spiro atoms. The van der Waals surface area contributed by atoms with Gasteiger partial charge < -0.3 is 4.74 Å². The summed E-state index contributed by atoms with van der Waals surface area (Å²) in [5.74, 6) is -0.489. The Morgan fingerprint density at radius 2 is 2.32 bits per heavy atom. The van der Waals surface area contributed by atoms with E-state index >= 15 is 0 Å². The molecule has 1 aliphatic heterocycles. The normalized spacial score (nSPS) is 18.9. The van der Waals surface area contributed by atoms with E-state index in [0.717, 1.165) is 13.0 Å². The summed E-state index contributed by atoms with van der Waals surface area (Å²) in [6.45, 7) is 5.39. The van der Waals surface area contributed by atoms with Gasteiger partial charge in [0, 0.05) is 17.5 Å². The third kappa shape index (κ3) is 3.42. The lowest BCUT2D eigenvalue weighted by Gasteiger charge is -2.32. The zero-order valence-corrected chi connectivity index (χ0v) is 12.2. The molecule has 0 saturated carbocycles. The van der Waals surface area contributed by atoms with Crippen molar-refractivity contribution < 1.29 is 14.3 Å². The quantitative estimate of drug-likeness (QED) is 0.613. The molecule has 0 aliphatic carbocycles. The second-order valence-corrected chi connectivity index (χ2v) is 5.72. The van der Waals surface area contributed by atoms with Gasteiger partial charge in [-0.3, -0.25) is 14.5 Å². The van der Waals surface area contributed by atoms with Gasteiger partial charge in [-0.05, 0) is 37.3 Å². The fourth-order valence-corrected chi connectivity index (χ4v) is 3.40. The van der Waals surface area contributed by atoms with Crippen molar-refractivity contribution in [3.63, 3.8) is 0 Å². The van der Waals surface area contributed by atoms with Crippen LogP contribution in [0.5, 0.6) is 0 Å². The van der Waals surface area contributed by atoms with Crippen LogP contribution in [0.4, 0.5) is 0 Å². The van der Waals surface area contributed by atoms with Crippen LogP contribution in [-0.4, -0.2) is 36.3 Å². The summed E-state index contributed by atoms with van der Waals surface area (Å²) < 4.78 is 4.80. The zero-order chi connectivity index (χ0) is 13.8. The van der Waals surface area contributed by atoms with E-state index in [2.05, 4.69) is 23.3 Å². The summed E-state index contributed by atoms with van der Waals surface area (Å²) in [6, 6.07) is 2.38. The lowest BCUT2D eigenvalue weighted by molar-refractivity contribution is -0.145. The Morgan fingerprint density at radius 3 is 3.05 bits per heavy atom. The van der Waals surface area contributed by atoms with Gasteiger partial charge in [-0.15, -0.1) is 11.3 Å². The topological polar surface area (TPSA) is 46.6 Å². The summed E-state index contributed by atoms with van der Waals surface area (Å²) in [7, 11) is 0. The second kappa shape index (κ2) is 6.30. The number of fused-ring (bicyclic) bond motifs is 1. The first-order valence-electron chi connectivity index (χ1n) is 6.59. The molecule has 2 rings (SSSR count). The molecule has 5 heteroatoms. The molecule has 4 nitrogen and oxygen atoms in total. The van der Waals surface area contributed by atoms with Crippen LogP contribution in [0.1, 0.15) is 36.8 Å². The van der Waals surface area contributed by atoms with Gasteiger partial charge in [0.05, 0.1) is 13.2 Å². The van der Waals surface area contributed by atoms with Crippen LogP contribution < -0.4 is 0 Å². The van der Waals surface area contributed by atoms with E-state index in [4.69, 9.17) is 4.74 Å². The van der Waals surface area contributed by atoms with Crippen molar-refractivity contribution in [3.05, 3.63) is 21.9 Å². The number of hydrogen-bond donors (Lipinski definition) is 0. The van der Waals surface area contributed by atoms with Crippen molar-refractivity contribution in [2.24, 2.45) is 0 Å². The van der Waals surface area contributed by atoms with Gasteiger partial charge >= 0.3 is 5.97 Å². The molecule has 0 radical (unpaired) electrons. The van der Waals surface area contributed by atoms with E-state index in [9.17, 15) is 9.59 Å². The number of carbonyl (C=O) groups excluding carboxylic acids is 2. The molecule has 2 heterocycles. The van der Waals surface area contributed by atoms with Gasteiger partial charge in [-0.1, -0.05) is 0 Å². The fourth-order valence-electron chi connectivity index (χ4n) is 2.43. The number of hydrogen-bond acceptors (Lipinski definition) is 5. The van der Waals surface area contributed by atoms with Crippen LogP contribution >= 0.6 is 11.3 Å². The molecule has 0 fully saturated rings. The van der Waals surface area contributed by atoms with Crippen molar-refractivity contribution in [2.45, 2.75) is 32.7 Å². The van der Waals surface area contributed by atoms with Gasteiger partial charge in [-0.25, -0.2) is 0 Å². The maximum absolute atomic E-state index is 11.9. The van der Waals surface area contributed by atoms with Gasteiger partial charge in [0.25, 0.3) is 0 Å². The highest BCUT2D eigenvalue weighted by Crippen LogP contribution is 2.32. The Morgan fingerprint density at radius 1 is 1.53 bits per heavy atom. The number of ether oxygens (including phenoxy) is 1. The Labute approximate surface area is 117 Å². The highest BCUT2D eigenvalue weighted by molar-refractivity contribution is 7.10. The van der Waals surface area contributed by atoms with Crippen molar-refractivity contribution >= 4 is 23.1 Å². The number of Topliss-reactive ketones (excluding diaryl/α,β-unsaturated/α-hetero) is 1. The van der Waals surface area contributed by atoms with Crippen LogP contribution in [0.15, 0.2) is 11.4 Å². The fraction of sp³-hybridized carbons (Fsp3) is 0.571. The Hall–Kier alpha value is -1.20. The highest BCUT2D eigenvalue weighted by atomic mass is 32.1. The van der Waals surface area contributed by atoms with E-state index in [1.165, 1.54) is 10.4 Å². The molecule has 104 valence electrons. The largest absolute Gasteiger partial charge is 0.466 e. The average Bonchev–Trinajstić information content (AvgIpc) is 2.82. The molecule has 1 unspecified atom stereocenters. The number of rotatable bonds is 5. The van der Waals surface area contributed by atoms with Crippen molar-refractivity contribution in [2.75, 3.05) is 19.7 Å². The minimum atomic E-state index is -0.423. The molecular formula is C14H19NO3S. The third-order valence-electron chi connectivity index (χ3n) is 3.43. The van der Waals surface area contributed by atoms with Crippen LogP contribution in [0, 0.1) is 0 Å². The van der Waals surface area contributed by atoms with Crippen molar-refractivity contribution in [3.8, 4) is 0 Å². The van der Waals surface area contributed by atoms with Gasteiger partial charge in [-0.2, -0.15) is 0 Å². The predicted molar refractivity (Wildman–Crippen MR) is 74.3 cm³/mol. The number of esters is 1. The zero-order valence-electron chi connectivity index (χ0n) is 11.3. The van der Waals surface area contributed by atoms with Gasteiger partial charge in [0.2, 0.25) is 0 Å². The molecule has 1 aromatic heterocycles. The number of carbonyl (C=O) groups is 2. The summed E-state index contributed by atoms with van der Waals surface area (Å²) in [4.78, 5) is 26.7. The molecule has 1 aromatic rings. The van der Waals surface area contributed by atoms with E-state index < -0.39 is 5.97 Å². The van der Waals surface area contributed by atoms with E-state index in [1.54, 1.807) is 18.3 Å². The Kier molecular flexibility index (Phi) is 4.71. The molecule has 0 aromatic carbocycles. The first-order chi connectivity index (χ1) is 9.11. The number of nitrogens with zero attached hydrogens (tertiary/aromatic N) is 1. The van der Waals surface area contributed by atoms with Crippen molar-refractivity contribution in [1.29, 1.82) is 0 Å². The Balaban J connectivity index is 1.90. The SMILES string of the molecule is CCOC(=O)CC(=O)CN1CCc2sccc2C1C. The van der Waals surface area contributed by atoms with Crippen LogP contribution in [0.3, 0.4) is 0 Å². The molecule has 0 amide bonds. The van der Waals surface area contributed by atoms with Crippen LogP contribution in [0.2, 0.25) is 0 Å². The van der Waals surface area contributed by atoms with Crippen LogP contribution in [-0.2, 0) is 20.7 Å². The molecular weight excluding hydrogens is 262 g/mol. The van der Waals surface area contributed by atoms with Gasteiger partial charge in [0.15, 0.2) is 5.78 Å². The number of ketones is 1. The minimum absolute atomic E-state index is 0.0658. The molecule has 0 saturated heterocycles. The minimum Gasteiger partial charge on any atom is -0.466 e. The lowest BCUT2D eigenvalue weighted by atomic mass is 10.0. The summed E-state index contributed by atoms with van der Waals surface area (Å²) in [5.41, 5.74) is 1.32. The standard InChI is InChI=1S/C14H19NO3S/c1-3-18-14(17)8-11(16)9-15-6-4-13-12(10(15)2)5-7-19-13/h5,7,10H,3-4,6,8-9H2,1-2H3. The van der Waals surface area contributed by atoms with Gasteiger partial charge in [0.1, 0.15) is 6.42 Å². The lowest BCUT2D eigenvalue weighted by Crippen LogP contribution is -2.37. The highest BCUT2D eigenvalue weighted by Gasteiger charge is 2.26. The predicted octanol–water partition coefficient (Wildman–Crippen LogP) is 2.19. The van der Waals surface area contributed by atoms with E-state index in [-0.39, 0.29) is 18.2 Å². The summed E-state index contributed by atoms with van der Waals surface area (Å²) >= 11 is 1.78. The molecule has 0 N–H and O–H groups in total. The van der Waals surface area contributed by atoms with E-state index in [1.807, 2.05) is 0 Å². The third-order valence-corrected chi connectivity index (χ3v) is 4.43. The van der Waals surface area contributed by atoms with Crippen LogP contribution in [0.25, 0.3) is 0 Å². The molecule has 0 bridgehead atoms. The maximum Gasteiger partial charge on any atom is 0.313 e. The molecule has 1 aliphatic rings. The summed E-state index contributed by atoms with van der Waals surface area (Å²) in [5, 5.41) is 2.10. The average molecular weight is 281 g/mol. The van der Waals surface area contributed by atoms with Crippen molar-refractivity contribution in [1.82, 2.24) is 4.90 Å². The molecule has 1 atom stereocenters. The maximum atomic E-state index is 11.9. The first-order valence-corrected chi connectivity index (χ1v) is 7.47.